The number of rotatable bonds is 4. The van der Waals surface area contributed by atoms with Gasteiger partial charge in [-0.15, -0.1) is 0 Å². The average molecular weight is 372 g/mol. The summed E-state index contributed by atoms with van der Waals surface area (Å²) in [6.45, 7) is 7.26. The summed E-state index contributed by atoms with van der Waals surface area (Å²) in [7, 11) is 0. The number of amides is 2. The highest BCUT2D eigenvalue weighted by atomic mass is 16.6. The van der Waals surface area contributed by atoms with Crippen molar-refractivity contribution < 1.29 is 18.8 Å². The van der Waals surface area contributed by atoms with Crippen LogP contribution in [0, 0.1) is 6.92 Å². The van der Waals surface area contributed by atoms with Crippen LogP contribution in [0.4, 0.5) is 4.79 Å². The van der Waals surface area contributed by atoms with E-state index in [4.69, 9.17) is 14.0 Å². The highest BCUT2D eigenvalue weighted by molar-refractivity contribution is 5.74. The average Bonchev–Trinajstić information content (AvgIpc) is 3.11. The van der Waals surface area contributed by atoms with Gasteiger partial charge in [0.1, 0.15) is 13.2 Å². The van der Waals surface area contributed by atoms with Crippen molar-refractivity contribution in [3.8, 4) is 11.5 Å². The first-order valence-corrected chi connectivity index (χ1v) is 9.23. The van der Waals surface area contributed by atoms with Crippen LogP contribution in [0.25, 0.3) is 0 Å². The van der Waals surface area contributed by atoms with Crippen LogP contribution in [0.2, 0.25) is 0 Å². The minimum atomic E-state index is -0.0416. The normalized spacial score (nSPS) is 17.0. The molecule has 0 atom stereocenters. The maximum absolute atomic E-state index is 12.4. The van der Waals surface area contributed by atoms with E-state index in [9.17, 15) is 4.79 Å². The Hall–Kier alpha value is -2.74. The second kappa shape index (κ2) is 7.87. The predicted molar refractivity (Wildman–Crippen MR) is 97.8 cm³/mol. The summed E-state index contributed by atoms with van der Waals surface area (Å²) < 4.78 is 16.4. The molecule has 3 heterocycles. The van der Waals surface area contributed by atoms with Crippen LogP contribution in [-0.4, -0.2) is 60.4 Å². The maximum Gasteiger partial charge on any atom is 0.317 e. The molecule has 2 aliphatic heterocycles. The quantitative estimate of drug-likeness (QED) is 0.881. The zero-order valence-electron chi connectivity index (χ0n) is 15.4. The molecule has 0 unspecified atom stereocenters. The molecule has 144 valence electrons. The summed E-state index contributed by atoms with van der Waals surface area (Å²) in [5.74, 6) is 2.36. The third-order valence-corrected chi connectivity index (χ3v) is 4.77. The van der Waals surface area contributed by atoms with E-state index >= 15 is 0 Å². The molecule has 0 aliphatic carbocycles. The number of ether oxygens (including phenoxy) is 2. The SMILES string of the molecule is Cc1cc(CN2CCN(C(=O)NCc3ccc4c(c3)OCCO4)CC2)on1. The number of benzene rings is 1. The van der Waals surface area contributed by atoms with E-state index in [0.29, 0.717) is 32.8 Å². The topological polar surface area (TPSA) is 80.1 Å². The molecular weight excluding hydrogens is 348 g/mol. The number of nitrogens with one attached hydrogen (secondary N) is 1. The van der Waals surface area contributed by atoms with Crippen molar-refractivity contribution in [2.24, 2.45) is 0 Å². The van der Waals surface area contributed by atoms with Crippen LogP contribution in [0.3, 0.4) is 0 Å². The fourth-order valence-corrected chi connectivity index (χ4v) is 3.31. The van der Waals surface area contributed by atoms with Crippen LogP contribution in [-0.2, 0) is 13.1 Å². The van der Waals surface area contributed by atoms with Crippen LogP contribution in [0.1, 0.15) is 17.0 Å². The third kappa shape index (κ3) is 4.33. The van der Waals surface area contributed by atoms with Crippen molar-refractivity contribution in [3.05, 3.63) is 41.3 Å². The van der Waals surface area contributed by atoms with Crippen LogP contribution >= 0.6 is 0 Å². The standard InChI is InChI=1S/C19H24N4O4/c1-14-10-16(27-21-14)13-22-4-6-23(7-5-22)19(24)20-12-15-2-3-17-18(11-15)26-9-8-25-17/h2-3,10-11H,4-9,12-13H2,1H3,(H,20,24). The summed E-state index contributed by atoms with van der Waals surface area (Å²) in [5.41, 5.74) is 1.88. The summed E-state index contributed by atoms with van der Waals surface area (Å²) in [4.78, 5) is 16.6. The number of carbonyl (C=O) groups is 1. The first-order chi connectivity index (χ1) is 13.2. The van der Waals surface area contributed by atoms with Gasteiger partial charge in [-0.1, -0.05) is 11.2 Å². The fourth-order valence-electron chi connectivity index (χ4n) is 3.31. The second-order valence-corrected chi connectivity index (χ2v) is 6.83. The molecule has 0 radical (unpaired) electrons. The van der Waals surface area contributed by atoms with Crippen molar-refractivity contribution in [1.29, 1.82) is 0 Å². The lowest BCUT2D eigenvalue weighted by Crippen LogP contribution is -2.51. The molecular formula is C19H24N4O4. The van der Waals surface area contributed by atoms with Crippen LogP contribution in [0.15, 0.2) is 28.8 Å². The molecule has 2 amide bonds. The number of carbonyl (C=O) groups excluding carboxylic acids is 1. The molecule has 4 rings (SSSR count). The summed E-state index contributed by atoms with van der Waals surface area (Å²) in [6, 6.07) is 7.67. The van der Waals surface area contributed by atoms with E-state index in [-0.39, 0.29) is 6.03 Å². The van der Waals surface area contributed by atoms with Gasteiger partial charge in [0.15, 0.2) is 17.3 Å². The van der Waals surface area contributed by atoms with Gasteiger partial charge < -0.3 is 24.2 Å². The predicted octanol–water partition coefficient (Wildman–Crippen LogP) is 1.78. The van der Waals surface area contributed by atoms with Gasteiger partial charge in [-0.05, 0) is 24.6 Å². The van der Waals surface area contributed by atoms with Gasteiger partial charge in [-0.25, -0.2) is 4.79 Å². The van der Waals surface area contributed by atoms with E-state index in [0.717, 1.165) is 48.2 Å². The van der Waals surface area contributed by atoms with Gasteiger partial charge in [0.25, 0.3) is 0 Å². The van der Waals surface area contributed by atoms with Gasteiger partial charge in [0.05, 0.1) is 12.2 Å². The first-order valence-electron chi connectivity index (χ1n) is 9.23. The largest absolute Gasteiger partial charge is 0.486 e. The first kappa shape index (κ1) is 17.7. The highest BCUT2D eigenvalue weighted by Crippen LogP contribution is 2.30. The Morgan fingerprint density at radius 3 is 2.63 bits per heavy atom. The van der Waals surface area contributed by atoms with Crippen LogP contribution in [0.5, 0.6) is 11.5 Å². The zero-order valence-corrected chi connectivity index (χ0v) is 15.4. The lowest BCUT2D eigenvalue weighted by molar-refractivity contribution is 0.127. The minimum Gasteiger partial charge on any atom is -0.486 e. The van der Waals surface area contributed by atoms with Crippen molar-refractivity contribution in [1.82, 2.24) is 20.3 Å². The number of hydrogen-bond acceptors (Lipinski definition) is 6. The Bertz CT molecular complexity index is 799. The maximum atomic E-state index is 12.4. The lowest BCUT2D eigenvalue weighted by Gasteiger charge is -2.34. The summed E-state index contributed by atoms with van der Waals surface area (Å²) in [5, 5.41) is 6.90. The monoisotopic (exact) mass is 372 g/mol. The van der Waals surface area contributed by atoms with E-state index in [1.807, 2.05) is 36.1 Å². The van der Waals surface area contributed by atoms with Crippen molar-refractivity contribution in [2.75, 3.05) is 39.4 Å². The molecule has 1 saturated heterocycles. The van der Waals surface area contributed by atoms with E-state index < -0.39 is 0 Å². The van der Waals surface area contributed by atoms with Gasteiger partial charge in [-0.2, -0.15) is 0 Å². The number of aryl methyl sites for hydroxylation is 1. The van der Waals surface area contributed by atoms with Crippen molar-refractivity contribution in [2.45, 2.75) is 20.0 Å². The molecule has 27 heavy (non-hydrogen) atoms. The molecule has 1 N–H and O–H groups in total. The minimum absolute atomic E-state index is 0.0416. The van der Waals surface area contributed by atoms with E-state index in [2.05, 4.69) is 15.4 Å². The highest BCUT2D eigenvalue weighted by Gasteiger charge is 2.22. The molecule has 8 nitrogen and oxygen atoms in total. The Morgan fingerprint density at radius 2 is 1.89 bits per heavy atom. The molecule has 1 aromatic heterocycles. The molecule has 0 saturated carbocycles. The van der Waals surface area contributed by atoms with Crippen molar-refractivity contribution in [3.63, 3.8) is 0 Å². The molecule has 0 spiro atoms. The number of urea groups is 1. The van der Waals surface area contributed by atoms with Crippen molar-refractivity contribution >= 4 is 6.03 Å². The summed E-state index contributed by atoms with van der Waals surface area (Å²) >= 11 is 0. The molecule has 0 bridgehead atoms. The number of nitrogens with zero attached hydrogens (tertiary/aromatic N) is 3. The Labute approximate surface area is 158 Å². The lowest BCUT2D eigenvalue weighted by atomic mass is 10.2. The second-order valence-electron chi connectivity index (χ2n) is 6.83. The Kier molecular flexibility index (Phi) is 5.15. The number of aromatic nitrogens is 1. The van der Waals surface area contributed by atoms with Crippen LogP contribution < -0.4 is 14.8 Å². The Morgan fingerprint density at radius 1 is 1.11 bits per heavy atom. The zero-order chi connectivity index (χ0) is 18.6. The van der Waals surface area contributed by atoms with Gasteiger partial charge in [0.2, 0.25) is 0 Å². The summed E-state index contributed by atoms with van der Waals surface area (Å²) in [6.07, 6.45) is 0. The number of fused-ring (bicyclic) bond motifs is 1. The number of hydrogen-bond donors (Lipinski definition) is 1. The van der Waals surface area contributed by atoms with E-state index in [1.165, 1.54) is 0 Å². The number of piperazine rings is 1. The van der Waals surface area contributed by atoms with Gasteiger partial charge >= 0.3 is 6.03 Å². The Balaban J connectivity index is 1.23. The molecule has 2 aliphatic rings. The molecule has 1 fully saturated rings. The van der Waals surface area contributed by atoms with Gasteiger partial charge in [-0.3, -0.25) is 4.90 Å². The van der Waals surface area contributed by atoms with E-state index in [1.54, 1.807) is 0 Å². The molecule has 8 heteroatoms. The molecule has 1 aromatic carbocycles. The molecule has 2 aromatic rings. The smallest absolute Gasteiger partial charge is 0.317 e. The van der Waals surface area contributed by atoms with Gasteiger partial charge in [0, 0.05) is 38.8 Å². The third-order valence-electron chi connectivity index (χ3n) is 4.77. The fraction of sp³-hybridized carbons (Fsp3) is 0.474.